The van der Waals surface area contributed by atoms with Gasteiger partial charge in [0, 0.05) is 12.5 Å². The zero-order valence-electron chi connectivity index (χ0n) is 15.0. The van der Waals surface area contributed by atoms with Gasteiger partial charge in [-0.25, -0.2) is 4.79 Å². The number of aliphatic hydroxyl groups excluding tert-OH is 1. The number of benzene rings is 2. The Balaban J connectivity index is 1.99. The summed E-state index contributed by atoms with van der Waals surface area (Å²) in [6.45, 7) is 4.16. The van der Waals surface area contributed by atoms with Crippen molar-refractivity contribution in [2.24, 2.45) is 0 Å². The van der Waals surface area contributed by atoms with Crippen molar-refractivity contribution in [2.45, 2.75) is 32.3 Å². The Morgan fingerprint density at radius 1 is 1.20 bits per heavy atom. The molecule has 2 atom stereocenters. The van der Waals surface area contributed by atoms with E-state index in [9.17, 15) is 9.90 Å². The van der Waals surface area contributed by atoms with E-state index in [0.29, 0.717) is 24.4 Å². The fourth-order valence-electron chi connectivity index (χ4n) is 2.76. The first-order valence-corrected chi connectivity index (χ1v) is 8.42. The Morgan fingerprint density at radius 2 is 1.92 bits per heavy atom. The second-order valence-corrected chi connectivity index (χ2v) is 6.23. The third-order valence-corrected chi connectivity index (χ3v) is 4.01. The number of hydrogen-bond acceptors (Lipinski definition) is 3. The molecule has 0 heterocycles. The van der Waals surface area contributed by atoms with Gasteiger partial charge in [0.1, 0.15) is 5.75 Å². The number of ether oxygens (including phenoxy) is 1. The van der Waals surface area contributed by atoms with Crippen LogP contribution in [0.25, 0.3) is 0 Å². The maximum atomic E-state index is 12.2. The number of nitrogens with one attached hydrogen (secondary N) is 2. The predicted molar refractivity (Wildman–Crippen MR) is 100 cm³/mol. The number of anilines is 1. The first-order chi connectivity index (χ1) is 12.0. The van der Waals surface area contributed by atoms with Gasteiger partial charge >= 0.3 is 6.03 Å². The third-order valence-electron chi connectivity index (χ3n) is 4.01. The molecule has 0 saturated carbocycles. The molecule has 3 N–H and O–H groups in total. The molecule has 25 heavy (non-hydrogen) atoms. The van der Waals surface area contributed by atoms with Crippen LogP contribution >= 0.6 is 0 Å². The van der Waals surface area contributed by atoms with E-state index < -0.39 is 6.10 Å². The number of urea groups is 1. The Bertz CT molecular complexity index is 687. The predicted octanol–water partition coefficient (Wildman–Crippen LogP) is 3.68. The molecule has 5 nitrogen and oxygen atoms in total. The van der Waals surface area contributed by atoms with E-state index in [-0.39, 0.29) is 11.9 Å². The molecule has 2 unspecified atom stereocenters. The van der Waals surface area contributed by atoms with Crippen LogP contribution in [0.2, 0.25) is 0 Å². The molecule has 2 amide bonds. The van der Waals surface area contributed by atoms with Gasteiger partial charge in [-0.05, 0) is 43.5 Å². The highest BCUT2D eigenvalue weighted by Crippen LogP contribution is 2.25. The number of methoxy groups -OCH3 is 1. The van der Waals surface area contributed by atoms with Crippen molar-refractivity contribution in [3.05, 3.63) is 59.7 Å². The molecule has 0 fully saturated rings. The third kappa shape index (κ3) is 5.80. The minimum absolute atomic E-state index is 0.0480. The van der Waals surface area contributed by atoms with Crippen molar-refractivity contribution in [3.8, 4) is 5.75 Å². The summed E-state index contributed by atoms with van der Waals surface area (Å²) in [5.74, 6) is 0.672. The molecule has 0 saturated heterocycles. The van der Waals surface area contributed by atoms with Crippen LogP contribution < -0.4 is 15.4 Å². The Hall–Kier alpha value is -2.53. The highest BCUT2D eigenvalue weighted by Gasteiger charge is 2.16. The first kappa shape index (κ1) is 18.8. The second-order valence-electron chi connectivity index (χ2n) is 6.23. The summed E-state index contributed by atoms with van der Waals surface area (Å²) < 4.78 is 5.30. The summed E-state index contributed by atoms with van der Waals surface area (Å²) in [5.41, 5.74) is 2.78. The molecule has 0 aromatic heterocycles. The standard InChI is InChI=1S/C20H26N2O3/c1-14-9-10-18(19(11-14)25-3)22-20(24)21-13-17(12-15(2)23)16-7-5-4-6-8-16/h4-11,15,17,23H,12-13H2,1-3H3,(H2,21,22,24). The number of hydrogen-bond donors (Lipinski definition) is 3. The van der Waals surface area contributed by atoms with Crippen molar-refractivity contribution < 1.29 is 14.6 Å². The van der Waals surface area contributed by atoms with E-state index in [0.717, 1.165) is 11.1 Å². The molecule has 0 aliphatic rings. The Morgan fingerprint density at radius 3 is 2.56 bits per heavy atom. The van der Waals surface area contributed by atoms with E-state index in [1.807, 2.05) is 55.5 Å². The Kier molecular flexibility index (Phi) is 6.83. The maximum Gasteiger partial charge on any atom is 0.319 e. The van der Waals surface area contributed by atoms with E-state index in [4.69, 9.17) is 4.74 Å². The van der Waals surface area contributed by atoms with E-state index in [1.54, 1.807) is 14.0 Å². The van der Waals surface area contributed by atoms with Crippen LogP contribution in [0.5, 0.6) is 5.75 Å². The van der Waals surface area contributed by atoms with Crippen molar-refractivity contribution in [2.75, 3.05) is 19.0 Å². The zero-order valence-corrected chi connectivity index (χ0v) is 15.0. The normalized spacial score (nSPS) is 13.0. The number of carbonyl (C=O) groups is 1. The topological polar surface area (TPSA) is 70.6 Å². The van der Waals surface area contributed by atoms with Crippen LogP contribution in [0.4, 0.5) is 10.5 Å². The minimum atomic E-state index is -0.438. The number of aryl methyl sites for hydroxylation is 1. The van der Waals surface area contributed by atoms with Crippen LogP contribution in [0.15, 0.2) is 48.5 Å². The summed E-state index contributed by atoms with van der Waals surface area (Å²) in [5, 5.41) is 15.4. The van der Waals surface area contributed by atoms with Crippen LogP contribution in [0.1, 0.15) is 30.4 Å². The summed E-state index contributed by atoms with van der Waals surface area (Å²) in [4.78, 5) is 12.2. The average Bonchev–Trinajstić information content (AvgIpc) is 2.60. The highest BCUT2D eigenvalue weighted by atomic mass is 16.5. The molecular weight excluding hydrogens is 316 g/mol. The van der Waals surface area contributed by atoms with Crippen LogP contribution in [-0.4, -0.2) is 30.9 Å². The number of amides is 2. The first-order valence-electron chi connectivity index (χ1n) is 8.42. The molecule has 0 bridgehead atoms. The second kappa shape index (κ2) is 9.08. The monoisotopic (exact) mass is 342 g/mol. The average molecular weight is 342 g/mol. The fraction of sp³-hybridized carbons (Fsp3) is 0.350. The van der Waals surface area contributed by atoms with E-state index in [1.165, 1.54) is 0 Å². The molecule has 0 aliphatic heterocycles. The van der Waals surface area contributed by atoms with Gasteiger partial charge in [0.05, 0.1) is 18.9 Å². The summed E-state index contributed by atoms with van der Waals surface area (Å²) in [6, 6.07) is 15.2. The lowest BCUT2D eigenvalue weighted by atomic mass is 9.93. The van der Waals surface area contributed by atoms with Crippen molar-refractivity contribution in [1.82, 2.24) is 5.32 Å². The molecule has 0 radical (unpaired) electrons. The number of rotatable bonds is 7. The van der Waals surface area contributed by atoms with Gasteiger partial charge in [0.25, 0.3) is 0 Å². The summed E-state index contributed by atoms with van der Waals surface area (Å²) >= 11 is 0. The fourth-order valence-corrected chi connectivity index (χ4v) is 2.76. The lowest BCUT2D eigenvalue weighted by molar-refractivity contribution is 0.173. The van der Waals surface area contributed by atoms with Crippen LogP contribution in [0.3, 0.4) is 0 Å². The molecule has 2 rings (SSSR count). The Labute approximate surface area is 149 Å². The van der Waals surface area contributed by atoms with Gasteiger partial charge in [0.15, 0.2) is 0 Å². The van der Waals surface area contributed by atoms with Gasteiger partial charge in [-0.1, -0.05) is 36.4 Å². The summed E-state index contributed by atoms with van der Waals surface area (Å²) in [7, 11) is 1.58. The minimum Gasteiger partial charge on any atom is -0.495 e. The smallest absolute Gasteiger partial charge is 0.319 e. The largest absolute Gasteiger partial charge is 0.495 e. The molecule has 134 valence electrons. The van der Waals surface area contributed by atoms with Crippen molar-refractivity contribution in [1.29, 1.82) is 0 Å². The molecular formula is C20H26N2O3. The van der Waals surface area contributed by atoms with E-state index >= 15 is 0 Å². The van der Waals surface area contributed by atoms with Crippen molar-refractivity contribution in [3.63, 3.8) is 0 Å². The molecule has 2 aromatic rings. The maximum absolute atomic E-state index is 12.2. The van der Waals surface area contributed by atoms with Gasteiger partial charge in [-0.3, -0.25) is 0 Å². The SMILES string of the molecule is COc1cc(C)ccc1NC(=O)NCC(CC(C)O)c1ccccc1. The van der Waals surface area contributed by atoms with Gasteiger partial charge in [-0.15, -0.1) is 0 Å². The molecule has 5 heteroatoms. The number of aliphatic hydroxyl groups is 1. The quantitative estimate of drug-likeness (QED) is 0.719. The van der Waals surface area contributed by atoms with Gasteiger partial charge in [0.2, 0.25) is 0 Å². The summed E-state index contributed by atoms with van der Waals surface area (Å²) in [6.07, 6.45) is 0.144. The number of carbonyl (C=O) groups excluding carboxylic acids is 1. The van der Waals surface area contributed by atoms with Crippen LogP contribution in [0, 0.1) is 6.92 Å². The molecule has 0 spiro atoms. The molecule has 2 aromatic carbocycles. The van der Waals surface area contributed by atoms with Crippen molar-refractivity contribution >= 4 is 11.7 Å². The molecule has 0 aliphatic carbocycles. The van der Waals surface area contributed by atoms with Gasteiger partial charge in [-0.2, -0.15) is 0 Å². The lowest BCUT2D eigenvalue weighted by Gasteiger charge is -2.20. The highest BCUT2D eigenvalue weighted by molar-refractivity contribution is 5.91. The van der Waals surface area contributed by atoms with Crippen LogP contribution in [-0.2, 0) is 0 Å². The zero-order chi connectivity index (χ0) is 18.2. The lowest BCUT2D eigenvalue weighted by Crippen LogP contribution is -2.33. The van der Waals surface area contributed by atoms with E-state index in [2.05, 4.69) is 10.6 Å². The van der Waals surface area contributed by atoms with Gasteiger partial charge < -0.3 is 20.5 Å².